The fourth-order valence-electron chi connectivity index (χ4n) is 2.55. The van der Waals surface area contributed by atoms with E-state index in [4.69, 9.17) is 0 Å². The zero-order chi connectivity index (χ0) is 13.9. The van der Waals surface area contributed by atoms with Crippen LogP contribution in [-0.4, -0.2) is 0 Å². The lowest BCUT2D eigenvalue weighted by atomic mass is 9.90. The molecule has 0 aliphatic carbocycles. The highest BCUT2D eigenvalue weighted by atomic mass is 19.1. The predicted octanol–water partition coefficient (Wildman–Crippen LogP) is 5.47. The molecule has 0 aromatic heterocycles. The van der Waals surface area contributed by atoms with Gasteiger partial charge in [-0.05, 0) is 35.2 Å². The van der Waals surface area contributed by atoms with Crippen LogP contribution < -0.4 is 0 Å². The van der Waals surface area contributed by atoms with Gasteiger partial charge in [-0.25, -0.2) is 4.39 Å². The summed E-state index contributed by atoms with van der Waals surface area (Å²) in [5.41, 5.74) is 4.68. The Morgan fingerprint density at radius 2 is 1.10 bits per heavy atom. The van der Waals surface area contributed by atoms with Crippen molar-refractivity contribution in [3.05, 3.63) is 84.2 Å². The van der Waals surface area contributed by atoms with Gasteiger partial charge in [-0.1, -0.05) is 66.7 Å². The average molecular weight is 262 g/mol. The quantitative estimate of drug-likeness (QED) is 0.574. The van der Waals surface area contributed by atoms with Crippen molar-refractivity contribution in [1.82, 2.24) is 0 Å². The molecule has 0 amide bonds. The number of aryl methyl sites for hydroxylation is 1. The summed E-state index contributed by atoms with van der Waals surface area (Å²) < 4.78 is 14.4. The van der Waals surface area contributed by atoms with Crippen LogP contribution in [0.5, 0.6) is 0 Å². The molecule has 1 heteroatoms. The molecule has 0 spiro atoms. The van der Waals surface area contributed by atoms with Gasteiger partial charge in [0.15, 0.2) is 0 Å². The summed E-state index contributed by atoms with van der Waals surface area (Å²) in [6, 6.07) is 23.1. The molecule has 0 N–H and O–H groups in total. The van der Waals surface area contributed by atoms with Crippen LogP contribution in [0, 0.1) is 12.7 Å². The van der Waals surface area contributed by atoms with E-state index < -0.39 is 0 Å². The summed E-state index contributed by atoms with van der Waals surface area (Å²) in [6.07, 6.45) is 0. The van der Waals surface area contributed by atoms with Crippen LogP contribution >= 0.6 is 0 Å². The van der Waals surface area contributed by atoms with Gasteiger partial charge in [-0.15, -0.1) is 0 Å². The number of rotatable bonds is 2. The Kier molecular flexibility index (Phi) is 3.34. The van der Waals surface area contributed by atoms with Gasteiger partial charge < -0.3 is 0 Å². The van der Waals surface area contributed by atoms with E-state index in [2.05, 4.69) is 0 Å². The van der Waals surface area contributed by atoms with Gasteiger partial charge in [0.1, 0.15) is 5.82 Å². The van der Waals surface area contributed by atoms with Crippen LogP contribution in [0.2, 0.25) is 0 Å². The third kappa shape index (κ3) is 2.23. The first-order valence-electron chi connectivity index (χ1n) is 6.67. The van der Waals surface area contributed by atoms with E-state index in [1.54, 1.807) is 6.07 Å². The first-order valence-corrected chi connectivity index (χ1v) is 6.67. The van der Waals surface area contributed by atoms with E-state index in [0.717, 1.165) is 22.3 Å². The van der Waals surface area contributed by atoms with Gasteiger partial charge in [0, 0.05) is 5.56 Å². The second-order valence-corrected chi connectivity index (χ2v) is 4.85. The fraction of sp³-hybridized carbons (Fsp3) is 0.0526. The lowest BCUT2D eigenvalue weighted by Gasteiger charge is -2.14. The molecule has 0 radical (unpaired) electrons. The maximum Gasteiger partial charge on any atom is 0.131 e. The third-order valence-corrected chi connectivity index (χ3v) is 3.49. The fourth-order valence-corrected chi connectivity index (χ4v) is 2.55. The van der Waals surface area contributed by atoms with E-state index >= 15 is 0 Å². The highest BCUT2D eigenvalue weighted by Gasteiger charge is 2.14. The Labute approximate surface area is 118 Å². The minimum Gasteiger partial charge on any atom is -0.206 e. The highest BCUT2D eigenvalue weighted by molar-refractivity contribution is 5.85. The largest absolute Gasteiger partial charge is 0.206 e. The first-order chi connectivity index (χ1) is 9.77. The van der Waals surface area contributed by atoms with Gasteiger partial charge in [0.2, 0.25) is 0 Å². The molecule has 0 bridgehead atoms. The predicted molar refractivity (Wildman–Crippen MR) is 82.0 cm³/mol. The molecular formula is C19H15F. The van der Waals surface area contributed by atoms with Crippen LogP contribution in [-0.2, 0) is 0 Å². The minimum atomic E-state index is -0.180. The highest BCUT2D eigenvalue weighted by Crippen LogP contribution is 2.36. The molecule has 3 rings (SSSR count). The lowest BCUT2D eigenvalue weighted by molar-refractivity contribution is 0.631. The summed E-state index contributed by atoms with van der Waals surface area (Å²) in [5, 5.41) is 0. The van der Waals surface area contributed by atoms with Gasteiger partial charge in [-0.2, -0.15) is 0 Å². The number of hydrogen-bond donors (Lipinski definition) is 0. The molecule has 0 aliphatic heterocycles. The molecular weight excluding hydrogens is 247 g/mol. The number of hydrogen-bond acceptors (Lipinski definition) is 0. The van der Waals surface area contributed by atoms with Crippen molar-refractivity contribution in [2.75, 3.05) is 0 Å². The Bertz CT molecular complexity index is 651. The Balaban J connectivity index is 2.32. The zero-order valence-corrected chi connectivity index (χ0v) is 11.3. The number of halogens is 1. The van der Waals surface area contributed by atoms with Crippen LogP contribution in [0.4, 0.5) is 4.39 Å². The normalized spacial score (nSPS) is 10.5. The topological polar surface area (TPSA) is 0 Å². The van der Waals surface area contributed by atoms with Gasteiger partial charge in [0.05, 0.1) is 0 Å². The second kappa shape index (κ2) is 5.30. The molecule has 0 atom stereocenters. The van der Waals surface area contributed by atoms with Crippen LogP contribution in [0.3, 0.4) is 0 Å². The van der Waals surface area contributed by atoms with E-state index in [0.29, 0.717) is 5.56 Å². The molecule has 0 fully saturated rings. The lowest BCUT2D eigenvalue weighted by Crippen LogP contribution is -1.93. The number of benzene rings is 3. The van der Waals surface area contributed by atoms with E-state index in [-0.39, 0.29) is 5.82 Å². The van der Waals surface area contributed by atoms with Crippen molar-refractivity contribution in [3.63, 3.8) is 0 Å². The molecule has 0 saturated heterocycles. The summed E-state index contributed by atoms with van der Waals surface area (Å²) in [4.78, 5) is 0. The van der Waals surface area contributed by atoms with Crippen LogP contribution in [0.1, 0.15) is 5.56 Å². The molecule has 0 unspecified atom stereocenters. The Morgan fingerprint density at radius 3 is 1.65 bits per heavy atom. The van der Waals surface area contributed by atoms with Crippen molar-refractivity contribution in [2.45, 2.75) is 6.92 Å². The summed E-state index contributed by atoms with van der Waals surface area (Å²) in [7, 11) is 0. The SMILES string of the molecule is Cc1ccc(F)c(-c2ccccc2)c1-c1ccccc1. The Morgan fingerprint density at radius 1 is 0.600 bits per heavy atom. The van der Waals surface area contributed by atoms with Gasteiger partial charge in [-0.3, -0.25) is 0 Å². The maximum absolute atomic E-state index is 14.4. The van der Waals surface area contributed by atoms with Crippen molar-refractivity contribution in [3.8, 4) is 22.3 Å². The maximum atomic E-state index is 14.4. The van der Waals surface area contributed by atoms with E-state index in [9.17, 15) is 4.39 Å². The third-order valence-electron chi connectivity index (χ3n) is 3.49. The summed E-state index contributed by atoms with van der Waals surface area (Å²) in [6.45, 7) is 2.02. The summed E-state index contributed by atoms with van der Waals surface area (Å²) >= 11 is 0. The monoisotopic (exact) mass is 262 g/mol. The molecule has 20 heavy (non-hydrogen) atoms. The second-order valence-electron chi connectivity index (χ2n) is 4.85. The standard InChI is InChI=1S/C19H15F/c1-14-12-13-17(20)19(16-10-6-3-7-11-16)18(14)15-8-4-2-5-9-15/h2-13H,1H3. The zero-order valence-electron chi connectivity index (χ0n) is 11.3. The van der Waals surface area contributed by atoms with Crippen LogP contribution in [0.25, 0.3) is 22.3 Å². The average Bonchev–Trinajstić information content (AvgIpc) is 2.51. The van der Waals surface area contributed by atoms with Crippen LogP contribution in [0.15, 0.2) is 72.8 Å². The van der Waals surface area contributed by atoms with Crippen molar-refractivity contribution >= 4 is 0 Å². The molecule has 0 heterocycles. The molecule has 3 aromatic carbocycles. The van der Waals surface area contributed by atoms with Crippen molar-refractivity contribution in [1.29, 1.82) is 0 Å². The molecule has 0 saturated carbocycles. The molecule has 98 valence electrons. The van der Waals surface area contributed by atoms with Gasteiger partial charge in [0.25, 0.3) is 0 Å². The smallest absolute Gasteiger partial charge is 0.131 e. The Hall–Kier alpha value is -2.41. The molecule has 0 aliphatic rings. The molecule has 3 aromatic rings. The molecule has 0 nitrogen and oxygen atoms in total. The van der Waals surface area contributed by atoms with Crippen molar-refractivity contribution in [2.24, 2.45) is 0 Å². The van der Waals surface area contributed by atoms with E-state index in [1.165, 1.54) is 0 Å². The van der Waals surface area contributed by atoms with Gasteiger partial charge >= 0.3 is 0 Å². The van der Waals surface area contributed by atoms with Crippen molar-refractivity contribution < 1.29 is 4.39 Å². The van der Waals surface area contributed by atoms with E-state index in [1.807, 2.05) is 73.7 Å². The minimum absolute atomic E-state index is 0.180. The first kappa shape index (κ1) is 12.6. The summed E-state index contributed by atoms with van der Waals surface area (Å²) in [5.74, 6) is -0.180.